The van der Waals surface area contributed by atoms with Crippen LogP contribution in [0, 0.1) is 19.8 Å². The van der Waals surface area contributed by atoms with E-state index in [2.05, 4.69) is 24.3 Å². The highest BCUT2D eigenvalue weighted by Crippen LogP contribution is 2.29. The summed E-state index contributed by atoms with van der Waals surface area (Å²) in [6.07, 6.45) is 6.32. The van der Waals surface area contributed by atoms with E-state index in [-0.39, 0.29) is 18.7 Å². The van der Waals surface area contributed by atoms with Gasteiger partial charge in [0.05, 0.1) is 12.0 Å². The van der Waals surface area contributed by atoms with E-state index in [9.17, 15) is 13.2 Å². The summed E-state index contributed by atoms with van der Waals surface area (Å²) in [6, 6.07) is 4.02. The summed E-state index contributed by atoms with van der Waals surface area (Å²) >= 11 is 0. The zero-order valence-corrected chi connectivity index (χ0v) is 22.1. The fourth-order valence-corrected chi connectivity index (χ4v) is 6.26. The van der Waals surface area contributed by atoms with Crippen molar-refractivity contribution in [2.45, 2.75) is 69.7 Å². The van der Waals surface area contributed by atoms with E-state index in [0.717, 1.165) is 45.2 Å². The van der Waals surface area contributed by atoms with Gasteiger partial charge in [0.1, 0.15) is 11.5 Å². The summed E-state index contributed by atoms with van der Waals surface area (Å²) in [5.41, 5.74) is 1.30. The van der Waals surface area contributed by atoms with E-state index >= 15 is 0 Å². The van der Waals surface area contributed by atoms with Crippen molar-refractivity contribution in [1.82, 2.24) is 14.5 Å². The summed E-state index contributed by atoms with van der Waals surface area (Å²) in [5.74, 6) is 1.22. The molecule has 1 fully saturated rings. The average molecular weight is 482 g/mol. The summed E-state index contributed by atoms with van der Waals surface area (Å²) in [7, 11) is 3.64. The van der Waals surface area contributed by atoms with Gasteiger partial charge in [0, 0.05) is 32.5 Å². The number of carbonyl (C=O) groups is 1. The van der Waals surface area contributed by atoms with Crippen LogP contribution in [0.15, 0.2) is 17.0 Å². The number of sulfonamides is 1. The minimum Gasteiger partial charge on any atom is -0.497 e. The minimum absolute atomic E-state index is 0.155. The van der Waals surface area contributed by atoms with Gasteiger partial charge < -0.3 is 15.0 Å². The average Bonchev–Trinajstić information content (AvgIpc) is 2.75. The highest BCUT2D eigenvalue weighted by molar-refractivity contribution is 7.89. The van der Waals surface area contributed by atoms with E-state index < -0.39 is 10.0 Å². The van der Waals surface area contributed by atoms with Crippen LogP contribution in [0.25, 0.3) is 0 Å². The number of benzene rings is 1. The Morgan fingerprint density at radius 1 is 1.06 bits per heavy atom. The second-order valence-electron chi connectivity index (χ2n) is 9.74. The van der Waals surface area contributed by atoms with Crippen molar-refractivity contribution in [3.63, 3.8) is 0 Å². The van der Waals surface area contributed by atoms with Crippen molar-refractivity contribution in [1.29, 1.82) is 0 Å². The first-order valence-corrected chi connectivity index (χ1v) is 13.5. The van der Waals surface area contributed by atoms with Crippen LogP contribution in [0.4, 0.5) is 0 Å². The Labute approximate surface area is 200 Å². The number of hydrogen-bond donors (Lipinski definition) is 1. The van der Waals surface area contributed by atoms with E-state index in [1.165, 1.54) is 4.31 Å². The number of hydrogen-bond acceptors (Lipinski definition) is 6. The number of methoxy groups -OCH3 is 1. The fraction of sp³-hybridized carbons (Fsp3) is 0.720. The van der Waals surface area contributed by atoms with Crippen LogP contribution in [0.1, 0.15) is 56.1 Å². The van der Waals surface area contributed by atoms with Gasteiger partial charge in [-0.05, 0) is 102 Å². The SMILES string of the molecule is COc1cc(C)c(S(=O)(=O)N(C)CCC(=O)CC2CCC(NCCCN(C)C)CC2)c(C)c1. The quantitative estimate of drug-likeness (QED) is 0.435. The number of nitrogens with one attached hydrogen (secondary N) is 1. The molecule has 1 saturated carbocycles. The molecule has 0 bridgehead atoms. The van der Waals surface area contributed by atoms with Crippen molar-refractivity contribution >= 4 is 15.8 Å². The van der Waals surface area contributed by atoms with Gasteiger partial charge >= 0.3 is 0 Å². The normalized spacial score (nSPS) is 19.3. The molecule has 33 heavy (non-hydrogen) atoms. The standard InChI is InChI=1S/C25H43N3O4S/c1-19-16-24(32-6)17-20(2)25(19)33(30,31)28(5)15-12-23(29)18-21-8-10-22(11-9-21)26-13-7-14-27(3)4/h16-17,21-22,26H,7-15,18H2,1-6H3. The van der Waals surface area contributed by atoms with E-state index in [1.54, 1.807) is 40.1 Å². The van der Waals surface area contributed by atoms with Crippen molar-refractivity contribution in [3.05, 3.63) is 23.3 Å². The van der Waals surface area contributed by atoms with Gasteiger partial charge in [0.2, 0.25) is 10.0 Å². The molecular weight excluding hydrogens is 438 g/mol. The molecule has 1 N–H and O–H groups in total. The first-order chi connectivity index (χ1) is 15.5. The van der Waals surface area contributed by atoms with Gasteiger partial charge in [-0.3, -0.25) is 4.79 Å². The molecule has 2 rings (SSSR count). The van der Waals surface area contributed by atoms with Crippen LogP contribution < -0.4 is 10.1 Å². The highest BCUT2D eigenvalue weighted by atomic mass is 32.2. The Balaban J connectivity index is 1.78. The maximum Gasteiger partial charge on any atom is 0.243 e. The molecule has 0 spiro atoms. The van der Waals surface area contributed by atoms with Crippen molar-refractivity contribution in [3.8, 4) is 5.75 Å². The molecule has 188 valence electrons. The van der Waals surface area contributed by atoms with Crippen LogP contribution in [0.5, 0.6) is 5.75 Å². The summed E-state index contributed by atoms with van der Waals surface area (Å²) in [4.78, 5) is 15.1. The van der Waals surface area contributed by atoms with E-state index in [1.807, 2.05) is 0 Å². The molecule has 0 aliphatic heterocycles. The molecule has 1 aromatic rings. The Morgan fingerprint density at radius 2 is 1.67 bits per heavy atom. The summed E-state index contributed by atoms with van der Waals surface area (Å²) in [5, 5.41) is 3.65. The van der Waals surface area contributed by atoms with Gasteiger partial charge in [-0.25, -0.2) is 12.7 Å². The first-order valence-electron chi connectivity index (χ1n) is 12.1. The molecule has 0 heterocycles. The van der Waals surface area contributed by atoms with Gasteiger partial charge in [-0.1, -0.05) is 0 Å². The molecule has 8 heteroatoms. The molecule has 0 aromatic heterocycles. The lowest BCUT2D eigenvalue weighted by Gasteiger charge is -2.29. The molecule has 0 radical (unpaired) electrons. The Morgan fingerprint density at radius 3 is 2.21 bits per heavy atom. The number of rotatable bonds is 13. The van der Waals surface area contributed by atoms with Gasteiger partial charge in [-0.2, -0.15) is 0 Å². The van der Waals surface area contributed by atoms with Gasteiger partial charge in [0.15, 0.2) is 0 Å². The van der Waals surface area contributed by atoms with Gasteiger partial charge in [-0.15, -0.1) is 0 Å². The first kappa shape index (κ1) is 27.8. The van der Waals surface area contributed by atoms with Crippen molar-refractivity contribution in [2.24, 2.45) is 5.92 Å². The number of ketones is 1. The number of nitrogens with zero attached hydrogens (tertiary/aromatic N) is 2. The fourth-order valence-electron chi connectivity index (χ4n) is 4.69. The third kappa shape index (κ3) is 8.35. The van der Waals surface area contributed by atoms with Crippen LogP contribution in [0.2, 0.25) is 0 Å². The Bertz CT molecular complexity index is 855. The predicted octanol–water partition coefficient (Wildman–Crippen LogP) is 3.38. The topological polar surface area (TPSA) is 79.0 Å². The molecule has 0 amide bonds. The molecule has 1 aliphatic carbocycles. The minimum atomic E-state index is -3.66. The number of ether oxygens (including phenoxy) is 1. The monoisotopic (exact) mass is 481 g/mol. The van der Waals surface area contributed by atoms with Gasteiger partial charge in [0.25, 0.3) is 0 Å². The van der Waals surface area contributed by atoms with Crippen LogP contribution >= 0.6 is 0 Å². The third-order valence-corrected chi connectivity index (χ3v) is 8.78. The molecular formula is C25H43N3O4S. The molecule has 0 unspecified atom stereocenters. The number of Topliss-reactive ketones (excluding diaryl/α,β-unsaturated/α-hetero) is 1. The van der Waals surface area contributed by atoms with Crippen LogP contribution in [-0.2, 0) is 14.8 Å². The molecule has 0 saturated heterocycles. The highest BCUT2D eigenvalue weighted by Gasteiger charge is 2.27. The van der Waals surface area contributed by atoms with Crippen molar-refractivity contribution < 1.29 is 17.9 Å². The molecule has 0 atom stereocenters. The van der Waals surface area contributed by atoms with Crippen molar-refractivity contribution in [2.75, 3.05) is 47.9 Å². The number of carbonyl (C=O) groups excluding carboxylic acids is 1. The lowest BCUT2D eigenvalue weighted by molar-refractivity contribution is -0.120. The third-order valence-electron chi connectivity index (χ3n) is 6.62. The van der Waals surface area contributed by atoms with Crippen LogP contribution in [-0.4, -0.2) is 77.3 Å². The molecule has 1 aliphatic rings. The maximum atomic E-state index is 13.1. The zero-order chi connectivity index (χ0) is 24.6. The largest absolute Gasteiger partial charge is 0.497 e. The second kappa shape index (κ2) is 12.8. The zero-order valence-electron chi connectivity index (χ0n) is 21.3. The lowest BCUT2D eigenvalue weighted by atomic mass is 9.83. The van der Waals surface area contributed by atoms with E-state index in [0.29, 0.717) is 40.2 Å². The Hall–Kier alpha value is -1.48. The molecule has 7 nitrogen and oxygen atoms in total. The van der Waals surface area contributed by atoms with E-state index in [4.69, 9.17) is 4.74 Å². The smallest absolute Gasteiger partial charge is 0.243 e. The Kier molecular flexibility index (Phi) is 10.8. The summed E-state index contributed by atoms with van der Waals surface area (Å²) < 4.78 is 32.8. The summed E-state index contributed by atoms with van der Waals surface area (Å²) in [6.45, 7) is 5.89. The maximum absolute atomic E-state index is 13.1. The van der Waals surface area contributed by atoms with Crippen LogP contribution in [0.3, 0.4) is 0 Å². The lowest BCUT2D eigenvalue weighted by Crippen LogP contribution is -2.35. The predicted molar refractivity (Wildman–Crippen MR) is 133 cm³/mol. The molecule has 1 aromatic carbocycles. The second-order valence-corrected chi connectivity index (χ2v) is 11.7. The number of aryl methyl sites for hydroxylation is 2.